The van der Waals surface area contributed by atoms with Crippen LogP contribution in [0.5, 0.6) is 0 Å². The highest BCUT2D eigenvalue weighted by Gasteiger charge is 2.41. The number of nitrogens with one attached hydrogen (secondary N) is 1. The van der Waals surface area contributed by atoms with E-state index >= 15 is 0 Å². The maximum Gasteiger partial charge on any atom is 0.223 e. The second-order valence-corrected chi connectivity index (χ2v) is 6.11. The number of carbonyl (C=O) groups excluding carboxylic acids is 1. The highest BCUT2D eigenvalue weighted by molar-refractivity contribution is 5.77. The Hall–Kier alpha value is -0.570. The van der Waals surface area contributed by atoms with Crippen molar-refractivity contribution in [3.8, 4) is 0 Å². The van der Waals surface area contributed by atoms with E-state index in [4.69, 9.17) is 0 Å². The molecular weight excluding hydrogens is 212 g/mol. The summed E-state index contributed by atoms with van der Waals surface area (Å²) >= 11 is 0. The van der Waals surface area contributed by atoms with Gasteiger partial charge in [0, 0.05) is 26.1 Å². The predicted octanol–water partition coefficient (Wildman–Crippen LogP) is 2.17. The van der Waals surface area contributed by atoms with Gasteiger partial charge in [0.15, 0.2) is 0 Å². The Morgan fingerprint density at radius 2 is 2.00 bits per heavy atom. The SMILES string of the molecule is CC(C)CC(=O)N1CCNCC12CCCCC2. The number of hydrogen-bond acceptors (Lipinski definition) is 2. The standard InChI is InChI=1S/C14H26N2O/c1-12(2)10-13(17)16-9-8-15-11-14(16)6-4-3-5-7-14/h12,15H,3-11H2,1-2H3. The molecule has 3 heteroatoms. The summed E-state index contributed by atoms with van der Waals surface area (Å²) < 4.78 is 0. The Labute approximate surface area is 105 Å². The first-order valence-electron chi connectivity index (χ1n) is 7.15. The van der Waals surface area contributed by atoms with E-state index in [1.54, 1.807) is 0 Å². The Kier molecular flexibility index (Phi) is 4.08. The van der Waals surface area contributed by atoms with Crippen molar-refractivity contribution < 1.29 is 4.79 Å². The van der Waals surface area contributed by atoms with E-state index in [9.17, 15) is 4.79 Å². The van der Waals surface area contributed by atoms with Crippen LogP contribution in [-0.2, 0) is 4.79 Å². The predicted molar refractivity (Wildman–Crippen MR) is 69.9 cm³/mol. The topological polar surface area (TPSA) is 32.3 Å². The molecule has 0 radical (unpaired) electrons. The van der Waals surface area contributed by atoms with Gasteiger partial charge >= 0.3 is 0 Å². The fourth-order valence-electron chi connectivity index (χ4n) is 3.35. The molecule has 1 saturated carbocycles. The normalized spacial score (nSPS) is 24.3. The molecule has 1 saturated heterocycles. The zero-order valence-electron chi connectivity index (χ0n) is 11.3. The van der Waals surface area contributed by atoms with Crippen LogP contribution >= 0.6 is 0 Å². The Balaban J connectivity index is 2.08. The second-order valence-electron chi connectivity index (χ2n) is 6.11. The van der Waals surface area contributed by atoms with Crippen molar-refractivity contribution in [3.05, 3.63) is 0 Å². The summed E-state index contributed by atoms with van der Waals surface area (Å²) in [6.07, 6.45) is 7.02. The molecule has 0 bridgehead atoms. The van der Waals surface area contributed by atoms with Gasteiger partial charge in [-0.05, 0) is 18.8 Å². The lowest BCUT2D eigenvalue weighted by Crippen LogP contribution is -2.63. The minimum Gasteiger partial charge on any atom is -0.334 e. The van der Waals surface area contributed by atoms with Crippen LogP contribution in [0.15, 0.2) is 0 Å². The van der Waals surface area contributed by atoms with Crippen LogP contribution in [0.2, 0.25) is 0 Å². The lowest BCUT2D eigenvalue weighted by atomic mass is 9.78. The molecule has 1 aliphatic heterocycles. The maximum atomic E-state index is 12.4. The molecular formula is C14H26N2O. The quantitative estimate of drug-likeness (QED) is 0.799. The molecule has 0 aromatic rings. The van der Waals surface area contributed by atoms with Crippen LogP contribution in [0.3, 0.4) is 0 Å². The summed E-state index contributed by atoms with van der Waals surface area (Å²) in [5, 5.41) is 3.49. The minimum absolute atomic E-state index is 0.155. The van der Waals surface area contributed by atoms with Gasteiger partial charge < -0.3 is 10.2 Å². The molecule has 3 nitrogen and oxygen atoms in total. The Morgan fingerprint density at radius 3 is 2.65 bits per heavy atom. The first-order valence-corrected chi connectivity index (χ1v) is 7.15. The molecule has 0 atom stereocenters. The van der Waals surface area contributed by atoms with E-state index < -0.39 is 0 Å². The van der Waals surface area contributed by atoms with E-state index in [1.165, 1.54) is 32.1 Å². The van der Waals surface area contributed by atoms with Crippen LogP contribution in [0.4, 0.5) is 0 Å². The van der Waals surface area contributed by atoms with Crippen LogP contribution in [0.25, 0.3) is 0 Å². The van der Waals surface area contributed by atoms with E-state index in [1.807, 2.05) is 0 Å². The highest BCUT2D eigenvalue weighted by atomic mass is 16.2. The Morgan fingerprint density at radius 1 is 1.29 bits per heavy atom. The molecule has 1 spiro atoms. The average Bonchev–Trinajstić information content (AvgIpc) is 2.29. The molecule has 0 aromatic carbocycles. The van der Waals surface area contributed by atoms with Crippen molar-refractivity contribution in [3.63, 3.8) is 0 Å². The fraction of sp³-hybridized carbons (Fsp3) is 0.929. The van der Waals surface area contributed by atoms with Gasteiger partial charge in [0.1, 0.15) is 0 Å². The molecule has 1 aliphatic carbocycles. The summed E-state index contributed by atoms with van der Waals surface area (Å²) in [7, 11) is 0. The van der Waals surface area contributed by atoms with Gasteiger partial charge in [-0.25, -0.2) is 0 Å². The van der Waals surface area contributed by atoms with Crippen molar-refractivity contribution in [1.82, 2.24) is 10.2 Å². The summed E-state index contributed by atoms with van der Waals surface area (Å²) in [5.41, 5.74) is 0.155. The smallest absolute Gasteiger partial charge is 0.223 e. The van der Waals surface area contributed by atoms with Gasteiger partial charge in [-0.3, -0.25) is 4.79 Å². The fourth-order valence-corrected chi connectivity index (χ4v) is 3.35. The number of rotatable bonds is 2. The second kappa shape index (κ2) is 5.38. The Bertz CT molecular complexity index is 261. The zero-order valence-corrected chi connectivity index (χ0v) is 11.3. The third kappa shape index (κ3) is 2.82. The molecule has 1 N–H and O–H groups in total. The van der Waals surface area contributed by atoms with Crippen LogP contribution in [-0.4, -0.2) is 36.0 Å². The maximum absolute atomic E-state index is 12.4. The molecule has 98 valence electrons. The van der Waals surface area contributed by atoms with Crippen molar-refractivity contribution in [2.75, 3.05) is 19.6 Å². The van der Waals surface area contributed by atoms with Crippen LogP contribution < -0.4 is 5.32 Å². The molecule has 0 aromatic heterocycles. The number of carbonyl (C=O) groups is 1. The van der Waals surface area contributed by atoms with Crippen molar-refractivity contribution >= 4 is 5.91 Å². The van der Waals surface area contributed by atoms with Gasteiger partial charge in [-0.1, -0.05) is 33.1 Å². The van der Waals surface area contributed by atoms with Gasteiger partial charge in [-0.15, -0.1) is 0 Å². The molecule has 0 unspecified atom stereocenters. The van der Waals surface area contributed by atoms with Crippen LogP contribution in [0.1, 0.15) is 52.4 Å². The largest absolute Gasteiger partial charge is 0.334 e. The van der Waals surface area contributed by atoms with E-state index in [2.05, 4.69) is 24.1 Å². The minimum atomic E-state index is 0.155. The van der Waals surface area contributed by atoms with E-state index in [0.717, 1.165) is 19.6 Å². The first kappa shape index (κ1) is 12.9. The molecule has 1 heterocycles. The average molecular weight is 238 g/mol. The summed E-state index contributed by atoms with van der Waals surface area (Å²) in [4.78, 5) is 14.6. The molecule has 17 heavy (non-hydrogen) atoms. The lowest BCUT2D eigenvalue weighted by molar-refractivity contribution is -0.141. The number of piperazine rings is 1. The van der Waals surface area contributed by atoms with Gasteiger partial charge in [0.2, 0.25) is 5.91 Å². The highest BCUT2D eigenvalue weighted by Crippen LogP contribution is 2.35. The zero-order chi connectivity index (χ0) is 12.3. The van der Waals surface area contributed by atoms with Gasteiger partial charge in [-0.2, -0.15) is 0 Å². The van der Waals surface area contributed by atoms with Crippen molar-refractivity contribution in [2.24, 2.45) is 5.92 Å². The summed E-state index contributed by atoms with van der Waals surface area (Å²) in [6, 6.07) is 0. The first-order chi connectivity index (χ1) is 8.14. The van der Waals surface area contributed by atoms with Crippen molar-refractivity contribution in [2.45, 2.75) is 57.9 Å². The van der Waals surface area contributed by atoms with Gasteiger partial charge in [0.25, 0.3) is 0 Å². The van der Waals surface area contributed by atoms with Gasteiger partial charge in [0.05, 0.1) is 5.54 Å². The number of nitrogens with zero attached hydrogens (tertiary/aromatic N) is 1. The third-order valence-electron chi connectivity index (χ3n) is 4.21. The molecule has 2 rings (SSSR count). The van der Waals surface area contributed by atoms with E-state index in [0.29, 0.717) is 18.2 Å². The van der Waals surface area contributed by atoms with Crippen LogP contribution in [0, 0.1) is 5.92 Å². The molecule has 2 fully saturated rings. The number of hydrogen-bond donors (Lipinski definition) is 1. The third-order valence-corrected chi connectivity index (χ3v) is 4.21. The molecule has 1 amide bonds. The van der Waals surface area contributed by atoms with E-state index in [-0.39, 0.29) is 5.54 Å². The summed E-state index contributed by atoms with van der Waals surface area (Å²) in [6.45, 7) is 7.15. The monoisotopic (exact) mass is 238 g/mol. The van der Waals surface area contributed by atoms with Crippen molar-refractivity contribution in [1.29, 1.82) is 0 Å². The lowest BCUT2D eigenvalue weighted by Gasteiger charge is -2.50. The number of amides is 1. The summed E-state index contributed by atoms with van der Waals surface area (Å²) in [5.74, 6) is 0.849. The molecule has 2 aliphatic rings.